The maximum Gasteiger partial charge on any atom is 0.196 e. The molecule has 0 spiro atoms. The van der Waals surface area contributed by atoms with E-state index >= 15 is 0 Å². The van der Waals surface area contributed by atoms with Gasteiger partial charge in [0.25, 0.3) is 0 Å². The molecule has 6 nitrogen and oxygen atoms in total. The van der Waals surface area contributed by atoms with Crippen LogP contribution in [-0.2, 0) is 7.05 Å². The van der Waals surface area contributed by atoms with E-state index < -0.39 is 0 Å². The predicted molar refractivity (Wildman–Crippen MR) is 141 cm³/mol. The van der Waals surface area contributed by atoms with Crippen LogP contribution in [-0.4, -0.2) is 9.55 Å². The first-order valence-electron chi connectivity index (χ1n) is 11.2. The molecule has 6 aromatic carbocycles. The molecule has 0 fully saturated rings. The molecule has 166 valence electrons. The summed E-state index contributed by atoms with van der Waals surface area (Å²) in [6, 6.07) is 20.5. The largest absolute Gasteiger partial charge is 0.351 e. The monoisotopic (exact) mass is 456 g/mol. The smallest absolute Gasteiger partial charge is 0.196 e. The minimum absolute atomic E-state index is 0.194. The van der Waals surface area contributed by atoms with E-state index in [-0.39, 0.29) is 21.7 Å². The van der Waals surface area contributed by atoms with Crippen molar-refractivity contribution in [1.82, 2.24) is 9.55 Å². The molecule has 1 N–H and O–H groups in total. The minimum Gasteiger partial charge on any atom is -0.351 e. The Morgan fingerprint density at radius 3 is 1.63 bits per heavy atom. The highest BCUT2D eigenvalue weighted by Crippen LogP contribution is 2.28. The molecule has 1 heterocycles. The Morgan fingerprint density at radius 2 is 1.03 bits per heavy atom. The van der Waals surface area contributed by atoms with Crippen LogP contribution >= 0.6 is 0 Å². The van der Waals surface area contributed by atoms with Gasteiger partial charge in [0.15, 0.2) is 21.7 Å². The van der Waals surface area contributed by atoms with Crippen molar-refractivity contribution in [3.05, 3.63) is 114 Å². The number of hydrogen-bond acceptors (Lipinski definition) is 4. The Bertz CT molecular complexity index is 2310. The highest BCUT2D eigenvalue weighted by molar-refractivity contribution is 6.15. The lowest BCUT2D eigenvalue weighted by molar-refractivity contribution is 1.00. The summed E-state index contributed by atoms with van der Waals surface area (Å²) in [7, 11) is 1.80. The van der Waals surface area contributed by atoms with Crippen molar-refractivity contribution >= 4 is 65.2 Å². The highest BCUT2D eigenvalue weighted by Gasteiger charge is 2.18. The van der Waals surface area contributed by atoms with Gasteiger partial charge >= 0.3 is 0 Å². The maximum atomic E-state index is 13.5. The van der Waals surface area contributed by atoms with Crippen LogP contribution in [0.4, 0.5) is 0 Å². The summed E-state index contributed by atoms with van der Waals surface area (Å²) in [4.78, 5) is 56.7. The van der Waals surface area contributed by atoms with E-state index in [1.165, 1.54) is 0 Å². The number of aryl methyl sites for hydroxylation is 1. The van der Waals surface area contributed by atoms with E-state index in [4.69, 9.17) is 0 Å². The van der Waals surface area contributed by atoms with Crippen molar-refractivity contribution in [1.29, 1.82) is 0 Å². The van der Waals surface area contributed by atoms with Crippen LogP contribution < -0.4 is 21.7 Å². The molecule has 1 aromatic heterocycles. The normalized spacial score (nSPS) is 12.0. The molecular weight excluding hydrogens is 440 g/mol. The number of H-pyrrole nitrogens is 1. The van der Waals surface area contributed by atoms with Crippen LogP contribution in [0.1, 0.15) is 0 Å². The number of rotatable bonds is 0. The number of aromatic nitrogens is 2. The number of nitrogens with one attached hydrogen (secondary N) is 1. The molecular formula is C29H16N2O4. The summed E-state index contributed by atoms with van der Waals surface area (Å²) in [6.07, 6.45) is 0. The standard InChI is InChI=1S/C29H16N2O4/c1-31-21-13-11-18-22(28(34)16-8-4-2-6-14(16)26(18)32)24(21)30-20-12-10-19-23(25(20)31)29(35)17-9-5-3-7-15(17)27(19)33/h2-13,30H,1H3. The fourth-order valence-electron chi connectivity index (χ4n) is 5.46. The number of benzene rings is 6. The van der Waals surface area contributed by atoms with Crippen LogP contribution in [0.25, 0.3) is 65.2 Å². The van der Waals surface area contributed by atoms with Crippen molar-refractivity contribution in [3.63, 3.8) is 0 Å². The van der Waals surface area contributed by atoms with Crippen molar-refractivity contribution in [2.75, 3.05) is 0 Å². The summed E-state index contributed by atoms with van der Waals surface area (Å²) in [6.45, 7) is 0. The van der Waals surface area contributed by atoms with Gasteiger partial charge in [0, 0.05) is 39.4 Å². The van der Waals surface area contributed by atoms with Crippen LogP contribution in [0, 0.1) is 0 Å². The number of nitrogens with zero attached hydrogens (tertiary/aromatic N) is 1. The molecule has 7 rings (SSSR count). The van der Waals surface area contributed by atoms with Crippen LogP contribution in [0.15, 0.2) is 92.0 Å². The second kappa shape index (κ2) is 6.61. The second-order valence-electron chi connectivity index (χ2n) is 8.86. The predicted octanol–water partition coefficient (Wildman–Crippen LogP) is 4.15. The van der Waals surface area contributed by atoms with Gasteiger partial charge in [-0.1, -0.05) is 48.5 Å². The van der Waals surface area contributed by atoms with Gasteiger partial charge in [0.2, 0.25) is 0 Å². The van der Waals surface area contributed by atoms with Crippen molar-refractivity contribution in [2.24, 2.45) is 7.05 Å². The molecule has 0 radical (unpaired) electrons. The lowest BCUT2D eigenvalue weighted by Crippen LogP contribution is -2.16. The molecule has 6 heteroatoms. The molecule has 0 amide bonds. The fraction of sp³-hybridized carbons (Fsp3) is 0.0345. The summed E-state index contributed by atoms with van der Waals surface area (Å²) >= 11 is 0. The Balaban J connectivity index is 1.76. The van der Waals surface area contributed by atoms with E-state index in [0.717, 1.165) is 0 Å². The molecule has 0 aliphatic carbocycles. The van der Waals surface area contributed by atoms with Gasteiger partial charge < -0.3 is 9.55 Å². The first-order chi connectivity index (χ1) is 17.0. The van der Waals surface area contributed by atoms with E-state index in [9.17, 15) is 19.2 Å². The van der Waals surface area contributed by atoms with Crippen molar-refractivity contribution in [2.45, 2.75) is 0 Å². The SMILES string of the molecule is Cn1c2ccc3c(=O)c4ccccc4c(=O)c3c2[nH]c2ccc3c(=O)c4ccccc4c(=O)c3c21. The third-order valence-corrected chi connectivity index (χ3v) is 7.09. The zero-order chi connectivity index (χ0) is 24.0. The lowest BCUT2D eigenvalue weighted by Gasteiger charge is -2.15. The number of hydrogen-bond donors (Lipinski definition) is 1. The van der Waals surface area contributed by atoms with Gasteiger partial charge in [0.1, 0.15) is 0 Å². The van der Waals surface area contributed by atoms with Gasteiger partial charge in [-0.05, 0) is 24.3 Å². The quantitative estimate of drug-likeness (QED) is 0.274. The average molecular weight is 456 g/mol. The topological polar surface area (TPSA) is 89.0 Å². The highest BCUT2D eigenvalue weighted by atomic mass is 16.1. The molecule has 0 saturated heterocycles. The van der Waals surface area contributed by atoms with E-state index in [1.807, 2.05) is 4.57 Å². The Kier molecular flexibility index (Phi) is 3.70. The third-order valence-electron chi connectivity index (χ3n) is 7.09. The fourth-order valence-corrected chi connectivity index (χ4v) is 5.46. The van der Waals surface area contributed by atoms with Crippen LogP contribution in [0.2, 0.25) is 0 Å². The molecule has 0 aliphatic heterocycles. The first-order valence-corrected chi connectivity index (χ1v) is 11.2. The molecule has 0 saturated carbocycles. The zero-order valence-electron chi connectivity index (χ0n) is 18.5. The van der Waals surface area contributed by atoms with Gasteiger partial charge in [0.05, 0.1) is 32.8 Å². The van der Waals surface area contributed by atoms with Crippen molar-refractivity contribution in [3.8, 4) is 0 Å². The zero-order valence-corrected chi connectivity index (χ0v) is 18.5. The van der Waals surface area contributed by atoms with E-state index in [1.54, 1.807) is 79.8 Å². The number of fused-ring (bicyclic) bond motifs is 8. The summed E-state index contributed by atoms with van der Waals surface area (Å²) < 4.78 is 1.82. The first kappa shape index (κ1) is 19.6. The molecule has 0 unspecified atom stereocenters. The summed E-state index contributed by atoms with van der Waals surface area (Å²) in [5.41, 5.74) is 1.47. The average Bonchev–Trinajstić information content (AvgIpc) is 2.89. The van der Waals surface area contributed by atoms with Crippen LogP contribution in [0.5, 0.6) is 0 Å². The molecule has 0 aliphatic rings. The van der Waals surface area contributed by atoms with Gasteiger partial charge in [-0.3, -0.25) is 19.2 Å². The summed E-state index contributed by atoms with van der Waals surface area (Å²) in [5, 5.41) is 2.88. The Labute approximate surface area is 195 Å². The van der Waals surface area contributed by atoms with Gasteiger partial charge in [-0.15, -0.1) is 0 Å². The lowest BCUT2D eigenvalue weighted by atomic mass is 9.99. The van der Waals surface area contributed by atoms with E-state index in [2.05, 4.69) is 4.98 Å². The second-order valence-corrected chi connectivity index (χ2v) is 8.86. The molecule has 0 bridgehead atoms. The Hall–Kier alpha value is -4.84. The summed E-state index contributed by atoms with van der Waals surface area (Å²) in [5.74, 6) is 0. The van der Waals surface area contributed by atoms with Gasteiger partial charge in [-0.25, -0.2) is 0 Å². The maximum absolute atomic E-state index is 13.5. The van der Waals surface area contributed by atoms with E-state index in [0.29, 0.717) is 65.2 Å². The number of aromatic amines is 1. The van der Waals surface area contributed by atoms with Crippen molar-refractivity contribution < 1.29 is 0 Å². The molecule has 0 atom stereocenters. The molecule has 35 heavy (non-hydrogen) atoms. The van der Waals surface area contributed by atoms with Gasteiger partial charge in [-0.2, -0.15) is 0 Å². The van der Waals surface area contributed by atoms with Crippen LogP contribution in [0.3, 0.4) is 0 Å². The third kappa shape index (κ3) is 2.38. The minimum atomic E-state index is -0.227. The Morgan fingerprint density at radius 1 is 0.543 bits per heavy atom. The molecule has 7 aromatic rings.